The van der Waals surface area contributed by atoms with E-state index in [1.165, 1.54) is 16.4 Å². The van der Waals surface area contributed by atoms with Gasteiger partial charge in [-0.2, -0.15) is 4.31 Å². The fourth-order valence-corrected chi connectivity index (χ4v) is 4.07. The average Bonchev–Trinajstić information content (AvgIpc) is 2.69. The molecule has 152 valence electrons. The van der Waals surface area contributed by atoms with Crippen molar-refractivity contribution in [2.45, 2.75) is 25.3 Å². The van der Waals surface area contributed by atoms with Crippen molar-refractivity contribution in [1.82, 2.24) is 4.31 Å². The zero-order valence-corrected chi connectivity index (χ0v) is 17.1. The van der Waals surface area contributed by atoms with Crippen LogP contribution in [-0.4, -0.2) is 46.2 Å². The highest BCUT2D eigenvalue weighted by atomic mass is 32.2. The second kappa shape index (κ2) is 8.70. The molecule has 7 nitrogen and oxygen atoms in total. The van der Waals surface area contributed by atoms with Crippen molar-refractivity contribution in [3.63, 3.8) is 0 Å². The lowest BCUT2D eigenvalue weighted by Crippen LogP contribution is -2.26. The normalized spacial score (nSPS) is 13.4. The third kappa shape index (κ3) is 4.34. The van der Waals surface area contributed by atoms with Gasteiger partial charge in [-0.1, -0.05) is 6.07 Å². The summed E-state index contributed by atoms with van der Waals surface area (Å²) in [5.41, 5.74) is 0.811. The largest absolute Gasteiger partial charge is 0.490 e. The van der Waals surface area contributed by atoms with E-state index in [2.05, 4.69) is 0 Å². The van der Waals surface area contributed by atoms with Gasteiger partial charge in [0.15, 0.2) is 23.0 Å². The van der Waals surface area contributed by atoms with Crippen LogP contribution < -0.4 is 18.9 Å². The van der Waals surface area contributed by atoms with E-state index in [9.17, 15) is 8.42 Å². The number of benzene rings is 2. The van der Waals surface area contributed by atoms with Crippen molar-refractivity contribution in [2.75, 3.05) is 33.5 Å². The summed E-state index contributed by atoms with van der Waals surface area (Å²) in [5, 5.41) is 0. The minimum atomic E-state index is -3.71. The Kier molecular flexibility index (Phi) is 6.31. The number of sulfonamides is 1. The van der Waals surface area contributed by atoms with Gasteiger partial charge in [-0.25, -0.2) is 8.42 Å². The topological polar surface area (TPSA) is 74.3 Å². The molecule has 0 bridgehead atoms. The molecule has 0 radical (unpaired) electrons. The molecule has 0 amide bonds. The summed E-state index contributed by atoms with van der Waals surface area (Å²) in [4.78, 5) is 0.152. The molecule has 1 aliphatic rings. The molecule has 28 heavy (non-hydrogen) atoms. The molecule has 0 unspecified atom stereocenters. The lowest BCUT2D eigenvalue weighted by Gasteiger charge is -2.21. The highest BCUT2D eigenvalue weighted by molar-refractivity contribution is 7.89. The van der Waals surface area contributed by atoms with Crippen molar-refractivity contribution >= 4 is 10.0 Å². The van der Waals surface area contributed by atoms with E-state index in [4.69, 9.17) is 18.9 Å². The second-order valence-corrected chi connectivity index (χ2v) is 8.26. The van der Waals surface area contributed by atoms with Gasteiger partial charge in [-0.15, -0.1) is 0 Å². The van der Waals surface area contributed by atoms with Crippen LogP contribution in [0.2, 0.25) is 0 Å². The average molecular weight is 407 g/mol. The Bertz CT molecular complexity index is 928. The maximum absolute atomic E-state index is 13.0. The summed E-state index contributed by atoms with van der Waals surface area (Å²) in [5.74, 6) is 2.25. The van der Waals surface area contributed by atoms with Gasteiger partial charge in [0, 0.05) is 19.7 Å². The molecule has 0 N–H and O–H groups in total. The van der Waals surface area contributed by atoms with E-state index >= 15 is 0 Å². The maximum atomic E-state index is 13.0. The fraction of sp³-hybridized carbons (Fsp3) is 0.400. The first kappa shape index (κ1) is 20.3. The third-order valence-electron chi connectivity index (χ3n) is 4.23. The van der Waals surface area contributed by atoms with Gasteiger partial charge in [0.2, 0.25) is 10.0 Å². The van der Waals surface area contributed by atoms with Gasteiger partial charge in [0.1, 0.15) is 13.2 Å². The molecule has 0 saturated carbocycles. The van der Waals surface area contributed by atoms with E-state index in [0.29, 0.717) is 49.4 Å². The monoisotopic (exact) mass is 407 g/mol. The molecule has 2 aromatic carbocycles. The van der Waals surface area contributed by atoms with Crippen LogP contribution in [0.4, 0.5) is 0 Å². The first-order chi connectivity index (χ1) is 13.5. The lowest BCUT2D eigenvalue weighted by molar-refractivity contribution is 0.171. The molecular weight excluding hydrogens is 382 g/mol. The van der Waals surface area contributed by atoms with Gasteiger partial charge in [-0.3, -0.25) is 0 Å². The maximum Gasteiger partial charge on any atom is 0.243 e. The van der Waals surface area contributed by atoms with E-state index in [1.807, 2.05) is 26.0 Å². The Morgan fingerprint density at radius 1 is 0.929 bits per heavy atom. The van der Waals surface area contributed by atoms with E-state index < -0.39 is 10.0 Å². The van der Waals surface area contributed by atoms with Crippen LogP contribution in [-0.2, 0) is 16.6 Å². The van der Waals surface area contributed by atoms with Crippen LogP contribution in [0.15, 0.2) is 41.3 Å². The number of nitrogens with zero attached hydrogens (tertiary/aromatic N) is 1. The standard InChI is InChI=1S/C20H25NO6S/c1-4-24-17-9-7-16(13-20(17)25-5-2)28(22,23)21(3)14-15-6-8-18-19(12-15)27-11-10-26-18/h6-9,12-13H,4-5,10-11,14H2,1-3H3. The van der Waals surface area contributed by atoms with Gasteiger partial charge in [0.25, 0.3) is 0 Å². The summed E-state index contributed by atoms with van der Waals surface area (Å²) in [7, 11) is -2.16. The first-order valence-electron chi connectivity index (χ1n) is 9.20. The zero-order valence-electron chi connectivity index (χ0n) is 16.3. The highest BCUT2D eigenvalue weighted by Gasteiger charge is 2.23. The molecule has 0 spiro atoms. The van der Waals surface area contributed by atoms with Crippen molar-refractivity contribution in [3.8, 4) is 23.0 Å². The molecular formula is C20H25NO6S. The smallest absolute Gasteiger partial charge is 0.243 e. The molecule has 1 aliphatic heterocycles. The van der Waals surface area contributed by atoms with Crippen LogP contribution >= 0.6 is 0 Å². The Balaban J connectivity index is 1.82. The molecule has 8 heteroatoms. The van der Waals surface area contributed by atoms with Gasteiger partial charge in [-0.05, 0) is 43.7 Å². The van der Waals surface area contributed by atoms with Crippen LogP contribution in [0.25, 0.3) is 0 Å². The predicted octanol–water partition coefficient (Wildman–Crippen LogP) is 3.08. The molecule has 0 aromatic heterocycles. The van der Waals surface area contributed by atoms with Crippen molar-refractivity contribution in [1.29, 1.82) is 0 Å². The molecule has 0 fully saturated rings. The number of hydrogen-bond acceptors (Lipinski definition) is 6. The van der Waals surface area contributed by atoms with Crippen LogP contribution in [0.1, 0.15) is 19.4 Å². The van der Waals surface area contributed by atoms with Crippen molar-refractivity contribution in [2.24, 2.45) is 0 Å². The lowest BCUT2D eigenvalue weighted by atomic mass is 10.2. The molecule has 3 rings (SSSR count). The fourth-order valence-electron chi connectivity index (χ4n) is 2.90. The van der Waals surface area contributed by atoms with Crippen LogP contribution in [0.5, 0.6) is 23.0 Å². The third-order valence-corrected chi connectivity index (χ3v) is 6.03. The number of ether oxygens (including phenoxy) is 4. The predicted molar refractivity (Wildman–Crippen MR) is 105 cm³/mol. The number of hydrogen-bond donors (Lipinski definition) is 0. The number of rotatable bonds is 8. The SMILES string of the molecule is CCOc1ccc(S(=O)(=O)N(C)Cc2ccc3c(c2)OCCO3)cc1OCC. The van der Waals surface area contributed by atoms with E-state index in [0.717, 1.165) is 5.56 Å². The molecule has 0 atom stereocenters. The number of fused-ring (bicyclic) bond motifs is 1. The summed E-state index contributed by atoms with van der Waals surface area (Å²) < 4.78 is 49.5. The minimum absolute atomic E-state index is 0.152. The quantitative estimate of drug-likeness (QED) is 0.670. The van der Waals surface area contributed by atoms with Crippen molar-refractivity contribution in [3.05, 3.63) is 42.0 Å². The molecule has 1 heterocycles. The molecule has 0 aliphatic carbocycles. The summed E-state index contributed by atoms with van der Waals surface area (Å²) in [6.07, 6.45) is 0. The molecule has 0 saturated heterocycles. The first-order valence-corrected chi connectivity index (χ1v) is 10.6. The van der Waals surface area contributed by atoms with Gasteiger partial charge in [0.05, 0.1) is 18.1 Å². The minimum Gasteiger partial charge on any atom is -0.490 e. The van der Waals surface area contributed by atoms with E-state index in [1.54, 1.807) is 19.2 Å². The van der Waals surface area contributed by atoms with Crippen molar-refractivity contribution < 1.29 is 27.4 Å². The Hall–Kier alpha value is -2.45. The van der Waals surface area contributed by atoms with Crippen LogP contribution in [0.3, 0.4) is 0 Å². The summed E-state index contributed by atoms with van der Waals surface area (Å²) in [6.45, 7) is 5.78. The van der Waals surface area contributed by atoms with Crippen LogP contribution in [0, 0.1) is 0 Å². The summed E-state index contributed by atoms with van der Waals surface area (Å²) >= 11 is 0. The Morgan fingerprint density at radius 2 is 1.61 bits per heavy atom. The Labute approximate surface area is 165 Å². The Morgan fingerprint density at radius 3 is 2.32 bits per heavy atom. The summed E-state index contributed by atoms with van der Waals surface area (Å²) in [6, 6.07) is 10.1. The van der Waals surface area contributed by atoms with E-state index in [-0.39, 0.29) is 11.4 Å². The zero-order chi connectivity index (χ0) is 20.1. The van der Waals surface area contributed by atoms with Gasteiger partial charge < -0.3 is 18.9 Å². The highest BCUT2D eigenvalue weighted by Crippen LogP contribution is 2.33. The second-order valence-electron chi connectivity index (χ2n) is 6.21. The van der Waals surface area contributed by atoms with Gasteiger partial charge >= 0.3 is 0 Å². The molecule has 2 aromatic rings.